The molecular formula is C21H20N4O2S. The molecule has 2 aliphatic rings. The van der Waals surface area contributed by atoms with Gasteiger partial charge in [0.2, 0.25) is 0 Å². The molecule has 0 radical (unpaired) electrons. The van der Waals surface area contributed by atoms with E-state index in [1.165, 1.54) is 0 Å². The Morgan fingerprint density at radius 2 is 2.04 bits per heavy atom. The lowest BCUT2D eigenvalue weighted by Gasteiger charge is -2.24. The van der Waals surface area contributed by atoms with Crippen molar-refractivity contribution in [1.82, 2.24) is 14.3 Å². The molecule has 0 bridgehead atoms. The number of hydrogen-bond donors (Lipinski definition) is 0. The number of aromatic nitrogens is 2. The number of fused-ring (bicyclic) bond motifs is 3. The molecule has 3 atom stereocenters. The molecule has 0 spiro atoms. The summed E-state index contributed by atoms with van der Waals surface area (Å²) in [6.07, 6.45) is 3.81. The van der Waals surface area contributed by atoms with Crippen molar-refractivity contribution >= 4 is 33.0 Å². The standard InChI is InChI=1S/C21H20N4O2S/c1-23(2)19-15-9-25(10-16(15)19)13-4-3-12-7-14(20(26)27-18(12)8-13)17-11-24-5-6-28-21(24)22-17/h3-8,11,15-16,19H,9-10H2,1-2H3/t15-,16+,19-. The minimum atomic E-state index is -0.340. The van der Waals surface area contributed by atoms with Gasteiger partial charge in [0, 0.05) is 54.0 Å². The molecular weight excluding hydrogens is 372 g/mol. The van der Waals surface area contributed by atoms with Crippen LogP contribution in [0.15, 0.2) is 51.3 Å². The summed E-state index contributed by atoms with van der Waals surface area (Å²) in [5, 5.41) is 2.89. The third kappa shape index (κ3) is 2.36. The first kappa shape index (κ1) is 16.3. The molecule has 1 aliphatic carbocycles. The highest BCUT2D eigenvalue weighted by Crippen LogP contribution is 2.49. The molecule has 7 heteroatoms. The molecule has 6 rings (SSSR count). The van der Waals surface area contributed by atoms with Gasteiger partial charge < -0.3 is 14.2 Å². The fraction of sp³-hybridized carbons (Fsp3) is 0.333. The van der Waals surface area contributed by atoms with Crippen molar-refractivity contribution in [2.45, 2.75) is 6.04 Å². The molecule has 3 aromatic heterocycles. The number of piperidine rings is 1. The monoisotopic (exact) mass is 392 g/mol. The maximum absolute atomic E-state index is 12.6. The van der Waals surface area contributed by atoms with Crippen LogP contribution >= 0.6 is 11.3 Å². The Kier molecular flexibility index (Phi) is 3.31. The normalized spacial score (nSPS) is 23.8. The minimum Gasteiger partial charge on any atom is -0.422 e. The highest BCUT2D eigenvalue weighted by molar-refractivity contribution is 7.15. The van der Waals surface area contributed by atoms with Crippen molar-refractivity contribution in [1.29, 1.82) is 0 Å². The number of benzene rings is 1. The molecule has 28 heavy (non-hydrogen) atoms. The third-order valence-electron chi connectivity index (χ3n) is 6.20. The van der Waals surface area contributed by atoms with Crippen molar-refractivity contribution < 1.29 is 4.42 Å². The van der Waals surface area contributed by atoms with Crippen LogP contribution in [0.25, 0.3) is 27.2 Å². The molecule has 1 aromatic carbocycles. The fourth-order valence-electron chi connectivity index (χ4n) is 4.80. The molecule has 6 nitrogen and oxygen atoms in total. The van der Waals surface area contributed by atoms with E-state index in [1.807, 2.05) is 40.4 Å². The van der Waals surface area contributed by atoms with Crippen LogP contribution in [0.1, 0.15) is 0 Å². The summed E-state index contributed by atoms with van der Waals surface area (Å²) >= 11 is 1.54. The van der Waals surface area contributed by atoms with Crippen molar-refractivity contribution in [3.05, 3.63) is 52.5 Å². The number of imidazole rings is 1. The van der Waals surface area contributed by atoms with Crippen LogP contribution in [0.2, 0.25) is 0 Å². The van der Waals surface area contributed by atoms with Gasteiger partial charge in [0.1, 0.15) is 5.58 Å². The number of rotatable bonds is 3. The van der Waals surface area contributed by atoms with Gasteiger partial charge in [0.05, 0.1) is 11.3 Å². The molecule has 142 valence electrons. The zero-order valence-electron chi connectivity index (χ0n) is 15.7. The number of thiazole rings is 1. The number of hydrogen-bond acceptors (Lipinski definition) is 6. The lowest BCUT2D eigenvalue weighted by atomic mass is 10.1. The van der Waals surface area contributed by atoms with Crippen molar-refractivity contribution in [2.24, 2.45) is 11.8 Å². The number of nitrogens with zero attached hydrogens (tertiary/aromatic N) is 4. The lowest BCUT2D eigenvalue weighted by molar-refractivity contribution is 0.357. The lowest BCUT2D eigenvalue weighted by Crippen LogP contribution is -2.30. The Morgan fingerprint density at radius 3 is 2.79 bits per heavy atom. The SMILES string of the molecule is CN(C)[C@@H]1[C@@H]2CN(c3ccc4cc(-c5cn6ccsc6n5)c(=O)oc4c3)C[C@@H]21. The first-order valence-corrected chi connectivity index (χ1v) is 10.4. The van der Waals surface area contributed by atoms with E-state index in [2.05, 4.69) is 34.9 Å². The molecule has 2 fully saturated rings. The maximum Gasteiger partial charge on any atom is 0.345 e. The van der Waals surface area contributed by atoms with Gasteiger partial charge in [0.25, 0.3) is 0 Å². The van der Waals surface area contributed by atoms with Gasteiger partial charge >= 0.3 is 5.63 Å². The van der Waals surface area contributed by atoms with Gasteiger partial charge in [-0.05, 0) is 44.1 Å². The van der Waals surface area contributed by atoms with Crippen molar-refractivity contribution in [3.63, 3.8) is 0 Å². The zero-order valence-corrected chi connectivity index (χ0v) is 16.5. The van der Waals surface area contributed by atoms with E-state index < -0.39 is 0 Å². The molecule has 4 aromatic rings. The zero-order chi connectivity index (χ0) is 19.0. The molecule has 0 amide bonds. The summed E-state index contributed by atoms with van der Waals surface area (Å²) < 4.78 is 7.60. The second-order valence-corrected chi connectivity index (χ2v) is 8.95. The third-order valence-corrected chi connectivity index (χ3v) is 6.97. The Morgan fingerprint density at radius 1 is 1.21 bits per heavy atom. The van der Waals surface area contributed by atoms with Crippen molar-refractivity contribution in [2.75, 3.05) is 32.1 Å². The first-order chi connectivity index (χ1) is 13.6. The Balaban J connectivity index is 1.33. The van der Waals surface area contributed by atoms with Crippen LogP contribution in [-0.2, 0) is 0 Å². The topological polar surface area (TPSA) is 54.0 Å². The van der Waals surface area contributed by atoms with Crippen LogP contribution in [0.5, 0.6) is 0 Å². The summed E-state index contributed by atoms with van der Waals surface area (Å²) in [5.74, 6) is 1.52. The van der Waals surface area contributed by atoms with E-state index in [-0.39, 0.29) is 5.63 Å². The maximum atomic E-state index is 12.6. The highest BCUT2D eigenvalue weighted by atomic mass is 32.1. The molecule has 4 heterocycles. The van der Waals surface area contributed by atoms with E-state index in [0.717, 1.165) is 47.0 Å². The molecule has 1 saturated heterocycles. The Labute approximate surface area is 165 Å². The van der Waals surface area contributed by atoms with Gasteiger partial charge in [-0.2, -0.15) is 0 Å². The summed E-state index contributed by atoms with van der Waals surface area (Å²) in [5.41, 5.74) is 2.59. The van der Waals surface area contributed by atoms with Crippen LogP contribution in [0, 0.1) is 11.8 Å². The molecule has 1 aliphatic heterocycles. The minimum absolute atomic E-state index is 0.340. The van der Waals surface area contributed by atoms with E-state index in [4.69, 9.17) is 4.42 Å². The smallest absolute Gasteiger partial charge is 0.345 e. The second-order valence-electron chi connectivity index (χ2n) is 8.08. The van der Waals surface area contributed by atoms with Crippen LogP contribution in [0.3, 0.4) is 0 Å². The summed E-state index contributed by atoms with van der Waals surface area (Å²) in [7, 11) is 4.33. The summed E-state index contributed by atoms with van der Waals surface area (Å²) in [4.78, 5) is 22.8. The average Bonchev–Trinajstić information content (AvgIpc) is 3.05. The highest BCUT2D eigenvalue weighted by Gasteiger charge is 2.56. The second kappa shape index (κ2) is 5.68. The Hall–Kier alpha value is -2.64. The summed E-state index contributed by atoms with van der Waals surface area (Å²) in [6.45, 7) is 2.15. The number of anilines is 1. The van der Waals surface area contributed by atoms with Gasteiger partial charge in [-0.1, -0.05) is 0 Å². The van der Waals surface area contributed by atoms with Gasteiger partial charge in [-0.15, -0.1) is 11.3 Å². The van der Waals surface area contributed by atoms with Crippen LogP contribution in [0.4, 0.5) is 5.69 Å². The van der Waals surface area contributed by atoms with E-state index in [9.17, 15) is 4.79 Å². The predicted molar refractivity (Wildman–Crippen MR) is 111 cm³/mol. The van der Waals surface area contributed by atoms with Crippen LogP contribution in [-0.4, -0.2) is 47.5 Å². The van der Waals surface area contributed by atoms with E-state index >= 15 is 0 Å². The van der Waals surface area contributed by atoms with Gasteiger partial charge in [-0.3, -0.25) is 4.40 Å². The predicted octanol–water partition coefficient (Wildman–Crippen LogP) is 3.17. The molecule has 0 unspecified atom stereocenters. The van der Waals surface area contributed by atoms with Gasteiger partial charge in [0.15, 0.2) is 4.96 Å². The van der Waals surface area contributed by atoms with Gasteiger partial charge in [-0.25, -0.2) is 9.78 Å². The Bertz CT molecular complexity index is 1230. The largest absolute Gasteiger partial charge is 0.422 e. The van der Waals surface area contributed by atoms with Crippen LogP contribution < -0.4 is 10.5 Å². The first-order valence-electron chi connectivity index (χ1n) is 9.50. The molecule has 1 saturated carbocycles. The quantitative estimate of drug-likeness (QED) is 0.501. The van der Waals surface area contributed by atoms with Crippen molar-refractivity contribution in [3.8, 4) is 11.3 Å². The summed E-state index contributed by atoms with van der Waals surface area (Å²) in [6, 6.07) is 8.79. The van der Waals surface area contributed by atoms with E-state index in [1.54, 1.807) is 11.3 Å². The molecule has 0 N–H and O–H groups in total. The average molecular weight is 392 g/mol. The van der Waals surface area contributed by atoms with E-state index in [0.29, 0.717) is 16.8 Å². The fourth-order valence-corrected chi connectivity index (χ4v) is 5.50.